The second-order valence-electron chi connectivity index (χ2n) is 2.40. The lowest BCUT2D eigenvalue weighted by molar-refractivity contribution is 0.367. The monoisotopic (exact) mass is 224 g/mol. The van der Waals surface area contributed by atoms with Crippen molar-refractivity contribution in [2.24, 2.45) is 0 Å². The number of halogens is 1. The number of aryl methyl sites for hydroxylation is 1. The van der Waals surface area contributed by atoms with Crippen LogP contribution in [0, 0.1) is 19.3 Å². The molecule has 0 radical (unpaired) electrons. The minimum absolute atomic E-state index is 0.322. The van der Waals surface area contributed by atoms with E-state index in [-0.39, 0.29) is 0 Å². The number of rotatable bonds is 2. The summed E-state index contributed by atoms with van der Waals surface area (Å²) in [5, 5.41) is 0. The molecule has 0 fully saturated rings. The third-order valence-electron chi connectivity index (χ3n) is 1.45. The predicted molar refractivity (Wildman–Crippen MR) is 53.2 cm³/mol. The maximum atomic E-state index is 5.28. The van der Waals surface area contributed by atoms with Crippen molar-refractivity contribution in [2.75, 3.05) is 6.61 Å². The van der Waals surface area contributed by atoms with Crippen molar-refractivity contribution >= 4 is 15.9 Å². The summed E-state index contributed by atoms with van der Waals surface area (Å²) in [7, 11) is 0. The molecule has 62 valence electrons. The van der Waals surface area contributed by atoms with Crippen LogP contribution in [0.4, 0.5) is 0 Å². The Balaban J connectivity index is 2.81. The maximum absolute atomic E-state index is 5.28. The zero-order valence-corrected chi connectivity index (χ0v) is 8.39. The first-order valence-corrected chi connectivity index (χ1v) is 4.36. The summed E-state index contributed by atoms with van der Waals surface area (Å²) < 4.78 is 6.33. The second-order valence-corrected chi connectivity index (χ2v) is 3.32. The fourth-order valence-electron chi connectivity index (χ4n) is 0.894. The van der Waals surface area contributed by atoms with Gasteiger partial charge in [0.1, 0.15) is 12.4 Å². The highest BCUT2D eigenvalue weighted by molar-refractivity contribution is 9.10. The van der Waals surface area contributed by atoms with Gasteiger partial charge in [-0.15, -0.1) is 6.42 Å². The van der Waals surface area contributed by atoms with Gasteiger partial charge in [-0.2, -0.15) is 0 Å². The van der Waals surface area contributed by atoms with Crippen LogP contribution in [0.3, 0.4) is 0 Å². The normalized spacial score (nSPS) is 9.08. The van der Waals surface area contributed by atoms with Crippen LogP contribution in [-0.4, -0.2) is 6.61 Å². The van der Waals surface area contributed by atoms with E-state index in [1.807, 2.05) is 25.1 Å². The largest absolute Gasteiger partial charge is 0.481 e. The van der Waals surface area contributed by atoms with E-state index in [1.165, 1.54) is 0 Å². The smallest absolute Gasteiger partial charge is 0.148 e. The van der Waals surface area contributed by atoms with Crippen LogP contribution in [-0.2, 0) is 0 Å². The lowest BCUT2D eigenvalue weighted by Gasteiger charge is -2.05. The topological polar surface area (TPSA) is 9.23 Å². The van der Waals surface area contributed by atoms with Crippen LogP contribution >= 0.6 is 15.9 Å². The van der Waals surface area contributed by atoms with E-state index in [9.17, 15) is 0 Å². The van der Waals surface area contributed by atoms with E-state index in [2.05, 4.69) is 21.9 Å². The van der Waals surface area contributed by atoms with Gasteiger partial charge >= 0.3 is 0 Å². The molecule has 12 heavy (non-hydrogen) atoms. The van der Waals surface area contributed by atoms with Gasteiger partial charge in [-0.25, -0.2) is 0 Å². The Kier molecular flexibility index (Phi) is 3.19. The number of terminal acetylenes is 1. The van der Waals surface area contributed by atoms with Crippen LogP contribution in [0.1, 0.15) is 5.56 Å². The standard InChI is InChI=1S/C10H9BrO/c1-3-6-12-10-5-4-9(11)7-8(10)2/h1,4-5,7H,6H2,2H3. The van der Waals surface area contributed by atoms with Crippen molar-refractivity contribution in [2.45, 2.75) is 6.92 Å². The minimum Gasteiger partial charge on any atom is -0.481 e. The van der Waals surface area contributed by atoms with Gasteiger partial charge in [0.15, 0.2) is 0 Å². The summed E-state index contributed by atoms with van der Waals surface area (Å²) in [5.74, 6) is 3.27. The third kappa shape index (κ3) is 2.28. The molecule has 0 saturated heterocycles. The van der Waals surface area contributed by atoms with E-state index in [1.54, 1.807) is 0 Å². The fourth-order valence-corrected chi connectivity index (χ4v) is 1.37. The van der Waals surface area contributed by atoms with E-state index >= 15 is 0 Å². The van der Waals surface area contributed by atoms with Crippen LogP contribution in [0.2, 0.25) is 0 Å². The molecular formula is C10H9BrO. The third-order valence-corrected chi connectivity index (χ3v) is 1.94. The Morgan fingerprint density at radius 1 is 1.58 bits per heavy atom. The van der Waals surface area contributed by atoms with Gasteiger partial charge < -0.3 is 4.74 Å². The molecule has 0 amide bonds. The highest BCUT2D eigenvalue weighted by Gasteiger charge is 1.97. The molecule has 0 aliphatic heterocycles. The number of ether oxygens (including phenoxy) is 1. The summed E-state index contributed by atoms with van der Waals surface area (Å²) in [6, 6.07) is 5.82. The lowest BCUT2D eigenvalue weighted by Crippen LogP contribution is -1.94. The summed E-state index contributed by atoms with van der Waals surface area (Å²) in [6.45, 7) is 2.30. The molecule has 0 aromatic heterocycles. The molecule has 0 atom stereocenters. The van der Waals surface area contributed by atoms with Gasteiger partial charge in [-0.1, -0.05) is 21.9 Å². The highest BCUT2D eigenvalue weighted by atomic mass is 79.9. The molecule has 0 aliphatic rings. The summed E-state index contributed by atoms with van der Waals surface area (Å²) in [6.07, 6.45) is 5.07. The zero-order chi connectivity index (χ0) is 8.97. The highest BCUT2D eigenvalue weighted by Crippen LogP contribution is 2.21. The van der Waals surface area contributed by atoms with Crippen molar-refractivity contribution in [3.05, 3.63) is 28.2 Å². The van der Waals surface area contributed by atoms with Crippen molar-refractivity contribution in [1.82, 2.24) is 0 Å². The van der Waals surface area contributed by atoms with E-state index in [0.29, 0.717) is 6.61 Å². The van der Waals surface area contributed by atoms with Crippen LogP contribution < -0.4 is 4.74 Å². The molecule has 1 aromatic carbocycles. The molecule has 0 heterocycles. The minimum atomic E-state index is 0.322. The van der Waals surface area contributed by atoms with Crippen molar-refractivity contribution in [1.29, 1.82) is 0 Å². The molecule has 1 nitrogen and oxygen atoms in total. The van der Waals surface area contributed by atoms with Gasteiger partial charge in [-0.05, 0) is 30.7 Å². The number of hydrogen-bond acceptors (Lipinski definition) is 1. The van der Waals surface area contributed by atoms with Gasteiger partial charge in [0.2, 0.25) is 0 Å². The van der Waals surface area contributed by atoms with E-state index in [0.717, 1.165) is 15.8 Å². The number of hydrogen-bond donors (Lipinski definition) is 0. The Labute approximate surface area is 80.9 Å². The first kappa shape index (κ1) is 9.15. The Morgan fingerprint density at radius 2 is 2.33 bits per heavy atom. The van der Waals surface area contributed by atoms with Crippen LogP contribution in [0.15, 0.2) is 22.7 Å². The fraction of sp³-hybridized carbons (Fsp3) is 0.200. The van der Waals surface area contributed by atoms with Crippen molar-refractivity contribution in [3.63, 3.8) is 0 Å². The van der Waals surface area contributed by atoms with Crippen molar-refractivity contribution < 1.29 is 4.74 Å². The summed E-state index contributed by atoms with van der Waals surface area (Å²) in [4.78, 5) is 0. The average molecular weight is 225 g/mol. The second kappa shape index (κ2) is 4.18. The number of benzene rings is 1. The molecule has 0 unspecified atom stereocenters. The first-order chi connectivity index (χ1) is 5.74. The molecule has 0 spiro atoms. The molecular weight excluding hydrogens is 216 g/mol. The average Bonchev–Trinajstić information content (AvgIpc) is 2.03. The summed E-state index contributed by atoms with van der Waals surface area (Å²) in [5.41, 5.74) is 1.08. The Hall–Kier alpha value is -0.940. The molecule has 2 heteroatoms. The molecule has 0 aliphatic carbocycles. The van der Waals surface area contributed by atoms with E-state index < -0.39 is 0 Å². The first-order valence-electron chi connectivity index (χ1n) is 3.56. The SMILES string of the molecule is C#CCOc1ccc(Br)cc1C. The molecule has 0 N–H and O–H groups in total. The van der Waals surface area contributed by atoms with Gasteiger partial charge in [0.05, 0.1) is 0 Å². The molecule has 1 aromatic rings. The van der Waals surface area contributed by atoms with E-state index in [4.69, 9.17) is 11.2 Å². The lowest BCUT2D eigenvalue weighted by atomic mass is 10.2. The summed E-state index contributed by atoms with van der Waals surface area (Å²) >= 11 is 3.37. The maximum Gasteiger partial charge on any atom is 0.148 e. The van der Waals surface area contributed by atoms with Gasteiger partial charge in [-0.3, -0.25) is 0 Å². The predicted octanol–water partition coefficient (Wildman–Crippen LogP) is 2.77. The zero-order valence-electron chi connectivity index (χ0n) is 6.80. The van der Waals surface area contributed by atoms with Gasteiger partial charge in [0, 0.05) is 4.47 Å². The van der Waals surface area contributed by atoms with Crippen molar-refractivity contribution in [3.8, 4) is 18.1 Å². The van der Waals surface area contributed by atoms with Crippen LogP contribution in [0.25, 0.3) is 0 Å². The Bertz CT molecular complexity index is 312. The van der Waals surface area contributed by atoms with Gasteiger partial charge in [0.25, 0.3) is 0 Å². The Morgan fingerprint density at radius 3 is 2.92 bits per heavy atom. The molecule has 0 saturated carbocycles. The van der Waals surface area contributed by atoms with Crippen LogP contribution in [0.5, 0.6) is 5.75 Å². The molecule has 0 bridgehead atoms. The quantitative estimate of drug-likeness (QED) is 0.703. The molecule has 1 rings (SSSR count).